The minimum Gasteiger partial charge on any atom is -0.361 e. The normalized spacial score (nSPS) is 11.0. The molecular formula is C13H15N5O. The first-order valence-corrected chi connectivity index (χ1v) is 6.33. The van der Waals surface area contributed by atoms with Gasteiger partial charge in [-0.1, -0.05) is 18.5 Å². The van der Waals surface area contributed by atoms with Crippen LogP contribution in [0, 0.1) is 0 Å². The molecular weight excluding hydrogens is 242 g/mol. The lowest BCUT2D eigenvalue weighted by molar-refractivity contribution is 0.389. The molecule has 0 saturated heterocycles. The van der Waals surface area contributed by atoms with Crippen molar-refractivity contribution in [1.82, 2.24) is 25.3 Å². The van der Waals surface area contributed by atoms with E-state index in [1.54, 1.807) is 6.20 Å². The fourth-order valence-electron chi connectivity index (χ4n) is 2.04. The molecule has 98 valence electrons. The van der Waals surface area contributed by atoms with Crippen molar-refractivity contribution in [3.8, 4) is 11.4 Å². The lowest BCUT2D eigenvalue weighted by atomic mass is 10.1. The fourth-order valence-corrected chi connectivity index (χ4v) is 2.04. The Morgan fingerprint density at radius 2 is 2.26 bits per heavy atom. The number of hydrogen-bond acceptors (Lipinski definition) is 4. The number of H-pyrrole nitrogens is 2. The molecule has 3 aromatic rings. The molecule has 0 fully saturated rings. The minimum absolute atomic E-state index is 0.600. The first-order chi connectivity index (χ1) is 9.36. The van der Waals surface area contributed by atoms with Gasteiger partial charge in [-0.15, -0.1) is 0 Å². The maximum atomic E-state index is 5.11. The molecule has 3 rings (SSSR count). The molecule has 6 heteroatoms. The van der Waals surface area contributed by atoms with Gasteiger partial charge in [-0.25, -0.2) is 4.98 Å². The predicted octanol–water partition coefficient (Wildman–Crippen LogP) is 2.33. The van der Waals surface area contributed by atoms with E-state index in [0.717, 1.165) is 41.4 Å². The van der Waals surface area contributed by atoms with E-state index in [1.165, 1.54) is 0 Å². The highest BCUT2D eigenvalue weighted by molar-refractivity contribution is 5.57. The Labute approximate surface area is 110 Å². The molecule has 0 amide bonds. The molecule has 3 aromatic heterocycles. The standard InChI is InChI=1S/C13H15N5O/c1-2-3-9-7-14-13(17-9)11-8-15-18-12(11)6-10-4-5-16-19-10/h4-5,7-8H,2-3,6H2,1H3,(H,14,17)(H,15,18). The first-order valence-electron chi connectivity index (χ1n) is 6.33. The summed E-state index contributed by atoms with van der Waals surface area (Å²) in [5.41, 5.74) is 2.94. The van der Waals surface area contributed by atoms with Crippen LogP contribution in [0.5, 0.6) is 0 Å². The summed E-state index contributed by atoms with van der Waals surface area (Å²) in [6.07, 6.45) is 8.09. The van der Waals surface area contributed by atoms with Gasteiger partial charge in [0.05, 0.1) is 29.6 Å². The molecule has 0 unspecified atom stereocenters. The Bertz CT molecular complexity index is 638. The van der Waals surface area contributed by atoms with Gasteiger partial charge in [0.2, 0.25) is 0 Å². The molecule has 0 aliphatic heterocycles. The lowest BCUT2D eigenvalue weighted by Crippen LogP contribution is -1.91. The van der Waals surface area contributed by atoms with Gasteiger partial charge in [-0.05, 0) is 6.42 Å². The summed E-state index contributed by atoms with van der Waals surface area (Å²) in [4.78, 5) is 7.77. The van der Waals surface area contributed by atoms with Crippen molar-refractivity contribution in [3.63, 3.8) is 0 Å². The zero-order chi connectivity index (χ0) is 13.1. The Hall–Kier alpha value is -2.37. The van der Waals surface area contributed by atoms with E-state index in [1.807, 2.05) is 18.5 Å². The average Bonchev–Trinajstić information content (AvgIpc) is 3.11. The van der Waals surface area contributed by atoms with Crippen molar-refractivity contribution in [1.29, 1.82) is 0 Å². The average molecular weight is 257 g/mol. The molecule has 0 aromatic carbocycles. The van der Waals surface area contributed by atoms with Crippen molar-refractivity contribution in [2.45, 2.75) is 26.2 Å². The minimum atomic E-state index is 0.600. The molecule has 6 nitrogen and oxygen atoms in total. The molecule has 0 atom stereocenters. The van der Waals surface area contributed by atoms with Gasteiger partial charge in [0, 0.05) is 18.5 Å². The molecule has 19 heavy (non-hydrogen) atoms. The Kier molecular flexibility index (Phi) is 3.14. The molecule has 0 radical (unpaired) electrons. The summed E-state index contributed by atoms with van der Waals surface area (Å²) >= 11 is 0. The third kappa shape index (κ3) is 2.42. The Morgan fingerprint density at radius 3 is 3.05 bits per heavy atom. The van der Waals surface area contributed by atoms with E-state index >= 15 is 0 Å². The quantitative estimate of drug-likeness (QED) is 0.734. The molecule has 3 heterocycles. The van der Waals surface area contributed by atoms with Gasteiger partial charge in [-0.2, -0.15) is 5.10 Å². The van der Waals surface area contributed by atoms with Crippen molar-refractivity contribution in [3.05, 3.63) is 41.8 Å². The molecule has 0 aliphatic carbocycles. The number of rotatable bonds is 5. The Morgan fingerprint density at radius 1 is 1.32 bits per heavy atom. The highest BCUT2D eigenvalue weighted by Gasteiger charge is 2.13. The van der Waals surface area contributed by atoms with Crippen LogP contribution in [0.3, 0.4) is 0 Å². The van der Waals surface area contributed by atoms with Gasteiger partial charge in [0.25, 0.3) is 0 Å². The number of aryl methyl sites for hydroxylation is 1. The van der Waals surface area contributed by atoms with Crippen LogP contribution in [0.15, 0.2) is 29.2 Å². The van der Waals surface area contributed by atoms with Crippen LogP contribution in [-0.2, 0) is 12.8 Å². The van der Waals surface area contributed by atoms with Crippen LogP contribution >= 0.6 is 0 Å². The summed E-state index contributed by atoms with van der Waals surface area (Å²) in [5.74, 6) is 1.63. The maximum absolute atomic E-state index is 5.11. The van der Waals surface area contributed by atoms with Crippen LogP contribution < -0.4 is 0 Å². The highest BCUT2D eigenvalue weighted by Crippen LogP contribution is 2.21. The van der Waals surface area contributed by atoms with E-state index in [0.29, 0.717) is 6.42 Å². The van der Waals surface area contributed by atoms with E-state index in [-0.39, 0.29) is 0 Å². The summed E-state index contributed by atoms with van der Waals surface area (Å²) in [7, 11) is 0. The van der Waals surface area contributed by atoms with Crippen molar-refractivity contribution < 1.29 is 4.52 Å². The number of aromatic amines is 2. The number of nitrogens with zero attached hydrogens (tertiary/aromatic N) is 3. The van der Waals surface area contributed by atoms with E-state index < -0.39 is 0 Å². The maximum Gasteiger partial charge on any atom is 0.142 e. The smallest absolute Gasteiger partial charge is 0.142 e. The highest BCUT2D eigenvalue weighted by atomic mass is 16.5. The molecule has 2 N–H and O–H groups in total. The van der Waals surface area contributed by atoms with E-state index in [9.17, 15) is 0 Å². The van der Waals surface area contributed by atoms with Crippen LogP contribution in [0.4, 0.5) is 0 Å². The van der Waals surface area contributed by atoms with Crippen molar-refractivity contribution >= 4 is 0 Å². The van der Waals surface area contributed by atoms with Gasteiger partial charge >= 0.3 is 0 Å². The number of hydrogen-bond donors (Lipinski definition) is 2. The van der Waals surface area contributed by atoms with Crippen molar-refractivity contribution in [2.75, 3.05) is 0 Å². The Balaban J connectivity index is 1.86. The molecule has 0 saturated carbocycles. The monoisotopic (exact) mass is 257 g/mol. The predicted molar refractivity (Wildman–Crippen MR) is 69.5 cm³/mol. The van der Waals surface area contributed by atoms with Gasteiger partial charge in [0.1, 0.15) is 11.6 Å². The topological polar surface area (TPSA) is 83.4 Å². The summed E-state index contributed by atoms with van der Waals surface area (Å²) in [6, 6.07) is 1.84. The van der Waals surface area contributed by atoms with Crippen LogP contribution in [0.1, 0.15) is 30.5 Å². The van der Waals surface area contributed by atoms with Gasteiger partial charge in [-0.3, -0.25) is 5.10 Å². The summed E-state index contributed by atoms with van der Waals surface area (Å²) in [6.45, 7) is 2.14. The molecule has 0 aliphatic rings. The summed E-state index contributed by atoms with van der Waals surface area (Å²) in [5, 5.41) is 10.8. The lowest BCUT2D eigenvalue weighted by Gasteiger charge is -1.96. The molecule has 0 spiro atoms. The number of imidazole rings is 1. The van der Waals surface area contributed by atoms with E-state index in [2.05, 4.69) is 32.2 Å². The fraction of sp³-hybridized carbons (Fsp3) is 0.308. The second-order valence-corrected chi connectivity index (χ2v) is 4.39. The third-order valence-corrected chi connectivity index (χ3v) is 2.94. The third-order valence-electron chi connectivity index (χ3n) is 2.94. The largest absolute Gasteiger partial charge is 0.361 e. The number of aromatic nitrogens is 5. The second-order valence-electron chi connectivity index (χ2n) is 4.39. The second kappa shape index (κ2) is 5.09. The van der Waals surface area contributed by atoms with Crippen LogP contribution in [0.25, 0.3) is 11.4 Å². The summed E-state index contributed by atoms with van der Waals surface area (Å²) < 4.78 is 5.11. The zero-order valence-electron chi connectivity index (χ0n) is 10.7. The SMILES string of the molecule is CCCc1c[nH]c(-c2c[nH]nc2Cc2ccno2)n1. The van der Waals surface area contributed by atoms with Gasteiger partial charge < -0.3 is 9.51 Å². The van der Waals surface area contributed by atoms with Gasteiger partial charge in [0.15, 0.2) is 0 Å². The van der Waals surface area contributed by atoms with Crippen LogP contribution in [0.2, 0.25) is 0 Å². The van der Waals surface area contributed by atoms with Crippen molar-refractivity contribution in [2.24, 2.45) is 0 Å². The number of nitrogens with one attached hydrogen (secondary N) is 2. The van der Waals surface area contributed by atoms with Crippen LogP contribution in [-0.4, -0.2) is 25.3 Å². The van der Waals surface area contributed by atoms with E-state index in [4.69, 9.17) is 4.52 Å². The first kappa shape index (κ1) is 11.7. The zero-order valence-corrected chi connectivity index (χ0v) is 10.7. The molecule has 0 bridgehead atoms.